The number of aromatic nitrogens is 1. The van der Waals surface area contributed by atoms with E-state index in [1.807, 2.05) is 19.1 Å². The Hall–Kier alpha value is -2.13. The molecule has 4 rings (SSSR count). The van der Waals surface area contributed by atoms with Crippen molar-refractivity contribution in [3.8, 4) is 0 Å². The maximum atomic E-state index is 12.3. The normalized spacial score (nSPS) is 21.4. The number of hydrogen-bond donors (Lipinski definition) is 1. The van der Waals surface area contributed by atoms with Gasteiger partial charge < -0.3 is 5.32 Å². The van der Waals surface area contributed by atoms with Crippen molar-refractivity contribution in [1.82, 2.24) is 4.98 Å². The Kier molecular flexibility index (Phi) is 2.30. The van der Waals surface area contributed by atoms with Crippen LogP contribution in [0.3, 0.4) is 0 Å². The zero-order chi connectivity index (χ0) is 13.9. The molecule has 1 atom stereocenters. The van der Waals surface area contributed by atoms with Gasteiger partial charge in [-0.15, -0.1) is 0 Å². The highest BCUT2D eigenvalue weighted by Crippen LogP contribution is 2.51. The average Bonchev–Trinajstić information content (AvgIpc) is 2.89. The van der Waals surface area contributed by atoms with Crippen molar-refractivity contribution in [2.75, 3.05) is 5.32 Å². The van der Waals surface area contributed by atoms with E-state index < -0.39 is 0 Å². The second-order valence-electron chi connectivity index (χ2n) is 5.20. The lowest BCUT2D eigenvalue weighted by Crippen LogP contribution is -2.16. The molecular weight excluding hydrogens is 272 g/mol. The molecule has 3 aliphatic rings. The van der Waals surface area contributed by atoms with E-state index in [2.05, 4.69) is 22.5 Å². The molecule has 0 bridgehead atoms. The number of hydrogen-bond acceptors (Lipinski definition) is 2. The highest BCUT2D eigenvalue weighted by atomic mass is 35.5. The number of anilines is 1. The molecule has 1 amide bonds. The van der Waals surface area contributed by atoms with Crippen molar-refractivity contribution in [2.45, 2.75) is 6.92 Å². The lowest BCUT2D eigenvalue weighted by atomic mass is 10.0. The molecule has 0 saturated carbocycles. The number of aryl methyl sites for hydroxylation is 1. The number of pyridine rings is 1. The third kappa shape index (κ3) is 1.67. The van der Waals surface area contributed by atoms with Crippen LogP contribution in [0, 0.1) is 12.8 Å². The molecule has 3 nitrogen and oxygen atoms in total. The van der Waals surface area contributed by atoms with Crippen LogP contribution in [0.5, 0.6) is 0 Å². The van der Waals surface area contributed by atoms with Crippen molar-refractivity contribution >= 4 is 23.3 Å². The number of allylic oxidation sites excluding steroid dienone is 6. The van der Waals surface area contributed by atoms with Gasteiger partial charge >= 0.3 is 0 Å². The van der Waals surface area contributed by atoms with Crippen molar-refractivity contribution in [3.63, 3.8) is 0 Å². The summed E-state index contributed by atoms with van der Waals surface area (Å²) in [6.07, 6.45) is 9.85. The number of nitrogens with zero attached hydrogens (tertiary/aromatic N) is 1. The first kappa shape index (κ1) is 11.7. The van der Waals surface area contributed by atoms with Gasteiger partial charge in [-0.05, 0) is 47.4 Å². The molecule has 0 radical (unpaired) electrons. The molecular formula is C16H11ClN2O. The van der Waals surface area contributed by atoms with Gasteiger partial charge in [0.25, 0.3) is 5.91 Å². The number of carbonyl (C=O) groups is 1. The van der Waals surface area contributed by atoms with E-state index >= 15 is 0 Å². The zero-order valence-electron chi connectivity index (χ0n) is 10.8. The van der Waals surface area contributed by atoms with Crippen LogP contribution in [0.15, 0.2) is 58.9 Å². The fourth-order valence-corrected chi connectivity index (χ4v) is 2.93. The summed E-state index contributed by atoms with van der Waals surface area (Å²) >= 11 is 6.09. The number of amides is 1. The molecule has 0 spiro atoms. The first-order valence-corrected chi connectivity index (χ1v) is 6.81. The van der Waals surface area contributed by atoms with Gasteiger partial charge in [-0.3, -0.25) is 4.79 Å². The van der Waals surface area contributed by atoms with Crippen molar-refractivity contribution in [1.29, 1.82) is 0 Å². The van der Waals surface area contributed by atoms with Crippen LogP contribution in [0.25, 0.3) is 0 Å². The van der Waals surface area contributed by atoms with Crippen molar-refractivity contribution < 1.29 is 4.79 Å². The minimum Gasteiger partial charge on any atom is -0.305 e. The third-order valence-electron chi connectivity index (χ3n) is 3.74. The minimum atomic E-state index is -0.164. The van der Waals surface area contributed by atoms with Crippen LogP contribution in [-0.2, 0) is 4.79 Å². The van der Waals surface area contributed by atoms with E-state index in [1.54, 1.807) is 12.3 Å². The summed E-state index contributed by atoms with van der Waals surface area (Å²) in [6.45, 7) is 1.91. The molecule has 0 saturated heterocycles. The predicted octanol–water partition coefficient (Wildman–Crippen LogP) is 3.34. The Morgan fingerprint density at radius 3 is 3.05 bits per heavy atom. The van der Waals surface area contributed by atoms with Crippen LogP contribution in [0.1, 0.15) is 5.56 Å². The number of carbonyl (C=O) groups excluding carboxylic acids is 1. The van der Waals surface area contributed by atoms with Gasteiger partial charge in [0.05, 0.1) is 5.02 Å². The summed E-state index contributed by atoms with van der Waals surface area (Å²) in [5, 5.41) is 3.23. The van der Waals surface area contributed by atoms with E-state index in [4.69, 9.17) is 11.6 Å². The van der Waals surface area contributed by atoms with Gasteiger partial charge in [0.1, 0.15) is 0 Å². The number of rotatable bonds is 2. The van der Waals surface area contributed by atoms with Gasteiger partial charge in [-0.1, -0.05) is 23.8 Å². The smallest absolute Gasteiger partial charge is 0.257 e. The predicted molar refractivity (Wildman–Crippen MR) is 78.4 cm³/mol. The summed E-state index contributed by atoms with van der Waals surface area (Å²) in [4.78, 5) is 16.5. The fourth-order valence-electron chi connectivity index (χ4n) is 2.66. The number of fused-ring (bicyclic) bond motifs is 3. The molecule has 0 fully saturated rings. The average molecular weight is 283 g/mol. The van der Waals surface area contributed by atoms with Crippen LogP contribution >= 0.6 is 11.6 Å². The van der Waals surface area contributed by atoms with E-state index in [1.165, 1.54) is 11.1 Å². The molecule has 1 aromatic rings. The standard InChI is InChI=1S/C16H11ClN2O/c1-8-4-14(17)15(18-7-8)19-16(20)11-3-2-10-12-5-9(12)6-13(10)11/h2-7,12H,1H3,(H,18,19,20). The van der Waals surface area contributed by atoms with E-state index in [0.29, 0.717) is 22.3 Å². The third-order valence-corrected chi connectivity index (χ3v) is 4.03. The summed E-state index contributed by atoms with van der Waals surface area (Å²) in [6, 6.07) is 1.78. The minimum absolute atomic E-state index is 0.164. The summed E-state index contributed by atoms with van der Waals surface area (Å²) in [5.74, 6) is 0.690. The first-order valence-electron chi connectivity index (χ1n) is 6.43. The Morgan fingerprint density at radius 1 is 1.40 bits per heavy atom. The topological polar surface area (TPSA) is 42.0 Å². The summed E-state index contributed by atoms with van der Waals surface area (Å²) in [7, 11) is 0. The first-order chi connectivity index (χ1) is 9.63. The SMILES string of the molecule is Cc1cnc(NC(=O)C2=CC=C3C2=CC2=CC23)c(Cl)c1. The molecule has 98 valence electrons. The van der Waals surface area contributed by atoms with Gasteiger partial charge in [0, 0.05) is 17.7 Å². The second-order valence-corrected chi connectivity index (χ2v) is 5.61. The van der Waals surface area contributed by atoms with E-state index in [0.717, 1.165) is 11.1 Å². The Balaban J connectivity index is 1.57. The van der Waals surface area contributed by atoms with Gasteiger partial charge in [0.15, 0.2) is 5.82 Å². The molecule has 3 aliphatic carbocycles. The highest BCUT2D eigenvalue weighted by molar-refractivity contribution is 6.33. The monoisotopic (exact) mass is 282 g/mol. The molecule has 0 aromatic carbocycles. The summed E-state index contributed by atoms with van der Waals surface area (Å²) in [5.41, 5.74) is 5.23. The van der Waals surface area contributed by atoms with E-state index in [-0.39, 0.29) is 5.91 Å². The van der Waals surface area contributed by atoms with Gasteiger partial charge in [-0.25, -0.2) is 4.98 Å². The number of nitrogens with one attached hydrogen (secondary N) is 1. The van der Waals surface area contributed by atoms with E-state index in [9.17, 15) is 4.79 Å². The second kappa shape index (κ2) is 3.93. The quantitative estimate of drug-likeness (QED) is 0.904. The maximum absolute atomic E-state index is 12.3. The number of halogens is 1. The Bertz CT molecular complexity index is 784. The van der Waals surface area contributed by atoms with Crippen LogP contribution in [0.4, 0.5) is 5.82 Å². The van der Waals surface area contributed by atoms with Crippen LogP contribution in [0.2, 0.25) is 5.02 Å². The van der Waals surface area contributed by atoms with Crippen molar-refractivity contribution in [3.05, 3.63) is 69.4 Å². The molecule has 1 unspecified atom stereocenters. The van der Waals surface area contributed by atoms with Gasteiger partial charge in [0.2, 0.25) is 0 Å². The Labute approximate surface area is 121 Å². The molecule has 20 heavy (non-hydrogen) atoms. The molecule has 0 aliphatic heterocycles. The lowest BCUT2D eigenvalue weighted by molar-refractivity contribution is -0.112. The summed E-state index contributed by atoms with van der Waals surface area (Å²) < 4.78 is 0. The van der Waals surface area contributed by atoms with Gasteiger partial charge in [-0.2, -0.15) is 0 Å². The van der Waals surface area contributed by atoms with Crippen molar-refractivity contribution in [2.24, 2.45) is 5.92 Å². The zero-order valence-corrected chi connectivity index (χ0v) is 11.5. The molecule has 1 heterocycles. The lowest BCUT2D eigenvalue weighted by Gasteiger charge is -2.09. The van der Waals surface area contributed by atoms with Crippen LogP contribution in [-0.4, -0.2) is 10.9 Å². The van der Waals surface area contributed by atoms with Crippen LogP contribution < -0.4 is 5.32 Å². The highest BCUT2D eigenvalue weighted by Gasteiger charge is 2.39. The Morgan fingerprint density at radius 2 is 2.25 bits per heavy atom. The molecule has 1 N–H and O–H groups in total. The molecule has 1 aromatic heterocycles. The molecule has 4 heteroatoms. The maximum Gasteiger partial charge on any atom is 0.257 e. The fraction of sp³-hybridized carbons (Fsp3) is 0.125. The largest absolute Gasteiger partial charge is 0.305 e.